The highest BCUT2D eigenvalue weighted by molar-refractivity contribution is 5.49. The van der Waals surface area contributed by atoms with Crippen molar-refractivity contribution in [3.63, 3.8) is 0 Å². The van der Waals surface area contributed by atoms with Crippen LogP contribution in [0.3, 0.4) is 0 Å². The van der Waals surface area contributed by atoms with E-state index < -0.39 is 0 Å². The van der Waals surface area contributed by atoms with Gasteiger partial charge in [0, 0.05) is 26.2 Å². The molecule has 102 valence electrons. The van der Waals surface area contributed by atoms with Crippen LogP contribution in [0.2, 0.25) is 0 Å². The first-order valence-electron chi connectivity index (χ1n) is 6.35. The summed E-state index contributed by atoms with van der Waals surface area (Å²) in [6.07, 6.45) is 4.32. The molecule has 0 bridgehead atoms. The van der Waals surface area contributed by atoms with Crippen molar-refractivity contribution in [2.75, 3.05) is 11.9 Å². The third-order valence-electron chi connectivity index (χ3n) is 2.42. The van der Waals surface area contributed by atoms with E-state index in [1.807, 2.05) is 33.0 Å². The molecule has 2 heterocycles. The van der Waals surface area contributed by atoms with Crippen LogP contribution in [0.1, 0.15) is 19.7 Å². The Bertz CT molecular complexity index is 523. The van der Waals surface area contributed by atoms with E-state index >= 15 is 0 Å². The van der Waals surface area contributed by atoms with Crippen molar-refractivity contribution in [2.45, 2.75) is 26.4 Å². The zero-order chi connectivity index (χ0) is 13.7. The molecule has 0 amide bonds. The maximum Gasteiger partial charge on any atom is 0.168 e. The summed E-state index contributed by atoms with van der Waals surface area (Å²) in [5.74, 6) is 2.34. The fourth-order valence-corrected chi connectivity index (χ4v) is 1.66. The number of aromatic nitrogens is 4. The van der Waals surface area contributed by atoms with Crippen LogP contribution in [0.15, 0.2) is 24.7 Å². The Balaban J connectivity index is 1.92. The highest BCUT2D eigenvalue weighted by atomic mass is 16.5. The van der Waals surface area contributed by atoms with Gasteiger partial charge in [0.25, 0.3) is 0 Å². The first-order chi connectivity index (χ1) is 9.15. The molecule has 0 fully saturated rings. The quantitative estimate of drug-likeness (QED) is 0.856. The summed E-state index contributed by atoms with van der Waals surface area (Å²) < 4.78 is 7.39. The van der Waals surface area contributed by atoms with Crippen molar-refractivity contribution in [2.24, 2.45) is 7.05 Å². The first kappa shape index (κ1) is 13.3. The molecule has 1 N–H and O–H groups in total. The number of aryl methyl sites for hydroxylation is 1. The molecule has 19 heavy (non-hydrogen) atoms. The van der Waals surface area contributed by atoms with E-state index in [2.05, 4.69) is 20.4 Å². The Kier molecular flexibility index (Phi) is 4.33. The van der Waals surface area contributed by atoms with E-state index in [1.54, 1.807) is 17.2 Å². The Labute approximate surface area is 112 Å². The summed E-state index contributed by atoms with van der Waals surface area (Å²) in [7, 11) is 1.86. The average molecular weight is 261 g/mol. The molecular weight excluding hydrogens is 242 g/mol. The molecular formula is C13H19N5O. The van der Waals surface area contributed by atoms with Crippen molar-refractivity contribution in [3.8, 4) is 5.75 Å². The number of hydrogen-bond donors (Lipinski definition) is 1. The van der Waals surface area contributed by atoms with Gasteiger partial charge in [0.2, 0.25) is 0 Å². The molecule has 0 radical (unpaired) electrons. The first-order valence-corrected chi connectivity index (χ1v) is 6.35. The van der Waals surface area contributed by atoms with Crippen LogP contribution in [0.4, 0.5) is 5.82 Å². The van der Waals surface area contributed by atoms with Gasteiger partial charge in [-0.25, -0.2) is 9.97 Å². The zero-order valence-corrected chi connectivity index (χ0v) is 11.5. The van der Waals surface area contributed by atoms with Crippen molar-refractivity contribution < 1.29 is 4.74 Å². The Morgan fingerprint density at radius 2 is 2.21 bits per heavy atom. The van der Waals surface area contributed by atoms with Gasteiger partial charge >= 0.3 is 0 Å². The van der Waals surface area contributed by atoms with Crippen LogP contribution >= 0.6 is 0 Å². The monoisotopic (exact) mass is 261 g/mol. The lowest BCUT2D eigenvalue weighted by atomic mass is 10.3. The van der Waals surface area contributed by atoms with Crippen LogP contribution < -0.4 is 10.1 Å². The van der Waals surface area contributed by atoms with E-state index in [9.17, 15) is 0 Å². The normalized spacial score (nSPS) is 10.7. The van der Waals surface area contributed by atoms with Crippen LogP contribution in [-0.4, -0.2) is 32.4 Å². The largest absolute Gasteiger partial charge is 0.487 e. The lowest BCUT2D eigenvalue weighted by Crippen LogP contribution is -2.12. The van der Waals surface area contributed by atoms with Gasteiger partial charge in [-0.2, -0.15) is 5.10 Å². The molecule has 0 aromatic carbocycles. The van der Waals surface area contributed by atoms with Crippen LogP contribution in [0.5, 0.6) is 5.75 Å². The van der Waals surface area contributed by atoms with Gasteiger partial charge in [0.15, 0.2) is 17.4 Å². The van der Waals surface area contributed by atoms with Crippen LogP contribution in [-0.2, 0) is 13.5 Å². The van der Waals surface area contributed by atoms with E-state index in [-0.39, 0.29) is 6.10 Å². The molecule has 0 unspecified atom stereocenters. The molecule has 0 saturated heterocycles. The number of nitrogens with one attached hydrogen (secondary N) is 1. The fraction of sp³-hybridized carbons (Fsp3) is 0.462. The molecule has 6 heteroatoms. The van der Waals surface area contributed by atoms with Gasteiger partial charge in [-0.05, 0) is 26.0 Å². The van der Waals surface area contributed by atoms with Crippen molar-refractivity contribution in [1.29, 1.82) is 0 Å². The van der Waals surface area contributed by atoms with Gasteiger partial charge in [-0.3, -0.25) is 4.68 Å². The fourth-order valence-electron chi connectivity index (χ4n) is 1.66. The summed E-state index contributed by atoms with van der Waals surface area (Å²) in [4.78, 5) is 8.46. The number of nitrogens with zero attached hydrogens (tertiary/aromatic N) is 4. The highest BCUT2D eigenvalue weighted by Gasteiger charge is 2.06. The molecule has 0 atom stereocenters. The number of hydrogen-bond acceptors (Lipinski definition) is 5. The maximum absolute atomic E-state index is 5.69. The topological polar surface area (TPSA) is 64.9 Å². The average Bonchev–Trinajstić information content (AvgIpc) is 2.77. The number of pyridine rings is 1. The van der Waals surface area contributed by atoms with Crippen molar-refractivity contribution >= 4 is 5.82 Å². The Hall–Kier alpha value is -2.11. The minimum Gasteiger partial charge on any atom is -0.487 e. The minimum atomic E-state index is 0.127. The second-order valence-electron chi connectivity index (χ2n) is 4.53. The number of rotatable bonds is 6. The smallest absolute Gasteiger partial charge is 0.168 e. The van der Waals surface area contributed by atoms with Crippen molar-refractivity contribution in [3.05, 3.63) is 30.5 Å². The maximum atomic E-state index is 5.69. The highest BCUT2D eigenvalue weighted by Crippen LogP contribution is 2.21. The summed E-state index contributed by atoms with van der Waals surface area (Å²) in [6.45, 7) is 4.71. The van der Waals surface area contributed by atoms with Crippen LogP contribution in [0, 0.1) is 0 Å². The zero-order valence-electron chi connectivity index (χ0n) is 11.5. The lowest BCUT2D eigenvalue weighted by Gasteiger charge is -2.13. The number of ether oxygens (including phenoxy) is 1. The van der Waals surface area contributed by atoms with E-state index in [1.165, 1.54) is 0 Å². The minimum absolute atomic E-state index is 0.127. The molecule has 2 aromatic heterocycles. The molecule has 0 saturated carbocycles. The van der Waals surface area contributed by atoms with Gasteiger partial charge in [-0.1, -0.05) is 0 Å². The van der Waals surface area contributed by atoms with Gasteiger partial charge < -0.3 is 10.1 Å². The second-order valence-corrected chi connectivity index (χ2v) is 4.53. The lowest BCUT2D eigenvalue weighted by molar-refractivity contribution is 0.243. The summed E-state index contributed by atoms with van der Waals surface area (Å²) in [5.41, 5.74) is 0. The molecule has 0 aliphatic heterocycles. The van der Waals surface area contributed by atoms with Crippen molar-refractivity contribution in [1.82, 2.24) is 19.7 Å². The predicted octanol–water partition coefficient (Wildman–Crippen LogP) is 1.65. The summed E-state index contributed by atoms with van der Waals surface area (Å²) >= 11 is 0. The Morgan fingerprint density at radius 1 is 1.37 bits per heavy atom. The molecule has 0 aliphatic carbocycles. The van der Waals surface area contributed by atoms with Crippen LogP contribution in [0.25, 0.3) is 0 Å². The summed E-state index contributed by atoms with van der Waals surface area (Å²) in [5, 5.41) is 7.48. The SMILES string of the molecule is CC(C)Oc1cccnc1NCCc1ncn(C)n1. The van der Waals surface area contributed by atoms with Gasteiger partial charge in [-0.15, -0.1) is 0 Å². The third kappa shape index (κ3) is 3.94. The van der Waals surface area contributed by atoms with E-state index in [0.29, 0.717) is 0 Å². The third-order valence-corrected chi connectivity index (χ3v) is 2.42. The van der Waals surface area contributed by atoms with Gasteiger partial charge in [0.05, 0.1) is 6.10 Å². The molecule has 0 aliphatic rings. The Morgan fingerprint density at radius 3 is 2.89 bits per heavy atom. The predicted molar refractivity (Wildman–Crippen MR) is 73.2 cm³/mol. The van der Waals surface area contributed by atoms with E-state index in [0.717, 1.165) is 30.4 Å². The molecule has 2 rings (SSSR count). The standard InChI is InChI=1S/C13H19N5O/c1-10(2)19-11-5-4-7-14-13(11)15-8-6-12-16-9-18(3)17-12/h4-5,7,9-10H,6,8H2,1-3H3,(H,14,15). The second kappa shape index (κ2) is 6.17. The number of anilines is 1. The molecule has 0 spiro atoms. The van der Waals surface area contributed by atoms with E-state index in [4.69, 9.17) is 4.74 Å². The van der Waals surface area contributed by atoms with Gasteiger partial charge in [0.1, 0.15) is 6.33 Å². The molecule has 2 aromatic rings. The molecule has 6 nitrogen and oxygen atoms in total. The summed E-state index contributed by atoms with van der Waals surface area (Å²) in [6, 6.07) is 3.78.